The molecule has 0 amide bonds. The van der Waals surface area contributed by atoms with Gasteiger partial charge in [-0.05, 0) is 22.3 Å². The standard InChI is InChI=1S/C18H20O4/c1-11(7-19)12-2-13(4-15-8-20-15)18(6-17-10-22-17)14(3-12)5-16-9-21-16/h2-3,7,15-17H,1,4-6,8-10H2. The van der Waals surface area contributed by atoms with Gasteiger partial charge in [0.05, 0.1) is 38.1 Å². The summed E-state index contributed by atoms with van der Waals surface area (Å²) in [6, 6.07) is 4.21. The van der Waals surface area contributed by atoms with Crippen LogP contribution in [0.5, 0.6) is 0 Å². The molecule has 116 valence electrons. The first-order valence-corrected chi connectivity index (χ1v) is 7.87. The van der Waals surface area contributed by atoms with Gasteiger partial charge in [-0.1, -0.05) is 18.7 Å². The summed E-state index contributed by atoms with van der Waals surface area (Å²) in [6.07, 6.45) is 4.57. The quantitative estimate of drug-likeness (QED) is 0.417. The van der Waals surface area contributed by atoms with Crippen molar-refractivity contribution in [3.63, 3.8) is 0 Å². The molecule has 3 aliphatic heterocycles. The Morgan fingerprint density at radius 2 is 1.45 bits per heavy atom. The first-order valence-electron chi connectivity index (χ1n) is 7.87. The van der Waals surface area contributed by atoms with Crippen molar-refractivity contribution in [3.8, 4) is 0 Å². The minimum atomic E-state index is 0.323. The number of epoxide rings is 3. The van der Waals surface area contributed by atoms with Crippen LogP contribution in [-0.2, 0) is 38.3 Å². The number of carbonyl (C=O) groups is 1. The summed E-state index contributed by atoms with van der Waals surface area (Å²) < 4.78 is 16.2. The molecule has 3 saturated heterocycles. The van der Waals surface area contributed by atoms with Crippen LogP contribution in [0.3, 0.4) is 0 Å². The Morgan fingerprint density at radius 3 is 1.86 bits per heavy atom. The lowest BCUT2D eigenvalue weighted by atomic mass is 9.88. The summed E-state index contributed by atoms with van der Waals surface area (Å²) in [6.45, 7) is 6.38. The zero-order valence-electron chi connectivity index (χ0n) is 12.5. The van der Waals surface area contributed by atoms with Gasteiger partial charge in [0, 0.05) is 24.8 Å². The van der Waals surface area contributed by atoms with Gasteiger partial charge in [-0.25, -0.2) is 0 Å². The molecule has 0 radical (unpaired) electrons. The second kappa shape index (κ2) is 5.61. The highest BCUT2D eigenvalue weighted by Gasteiger charge is 2.31. The number of carbonyl (C=O) groups excluding carboxylic acids is 1. The molecule has 0 saturated carbocycles. The average Bonchev–Trinajstić information content (AvgIpc) is 3.35. The van der Waals surface area contributed by atoms with Crippen molar-refractivity contribution in [1.82, 2.24) is 0 Å². The molecular weight excluding hydrogens is 280 g/mol. The summed E-state index contributed by atoms with van der Waals surface area (Å²) >= 11 is 0. The van der Waals surface area contributed by atoms with Crippen molar-refractivity contribution >= 4 is 11.9 Å². The fraction of sp³-hybridized carbons (Fsp3) is 0.500. The fourth-order valence-electron chi connectivity index (χ4n) is 2.95. The Bertz CT molecular complexity index is 575. The predicted octanol–water partition coefficient (Wildman–Crippen LogP) is 1.72. The lowest BCUT2D eigenvalue weighted by molar-refractivity contribution is -0.103. The third-order valence-electron chi connectivity index (χ3n) is 4.48. The molecule has 4 rings (SSSR count). The molecule has 4 nitrogen and oxygen atoms in total. The van der Waals surface area contributed by atoms with Crippen LogP contribution >= 0.6 is 0 Å². The second-order valence-corrected chi connectivity index (χ2v) is 6.39. The summed E-state index contributed by atoms with van der Waals surface area (Å²) in [5, 5.41) is 0. The van der Waals surface area contributed by atoms with Crippen LogP contribution in [0.2, 0.25) is 0 Å². The molecule has 1 aromatic carbocycles. The van der Waals surface area contributed by atoms with E-state index in [1.54, 1.807) is 0 Å². The van der Waals surface area contributed by atoms with E-state index in [9.17, 15) is 4.79 Å². The van der Waals surface area contributed by atoms with E-state index >= 15 is 0 Å². The molecule has 0 aromatic heterocycles. The molecule has 0 aliphatic carbocycles. The van der Waals surface area contributed by atoms with E-state index in [-0.39, 0.29) is 0 Å². The van der Waals surface area contributed by atoms with Crippen molar-refractivity contribution in [1.29, 1.82) is 0 Å². The van der Waals surface area contributed by atoms with Crippen LogP contribution in [0.4, 0.5) is 0 Å². The molecule has 22 heavy (non-hydrogen) atoms. The maximum Gasteiger partial charge on any atom is 0.150 e. The third kappa shape index (κ3) is 3.29. The Balaban J connectivity index is 1.71. The van der Waals surface area contributed by atoms with Gasteiger partial charge in [-0.3, -0.25) is 4.79 Å². The molecule has 3 aliphatic rings. The molecule has 3 unspecified atom stereocenters. The number of benzene rings is 1. The zero-order valence-corrected chi connectivity index (χ0v) is 12.5. The number of hydrogen-bond donors (Lipinski definition) is 0. The molecular formula is C18H20O4. The van der Waals surface area contributed by atoms with E-state index in [0.717, 1.165) is 50.9 Å². The molecule has 1 aromatic rings. The van der Waals surface area contributed by atoms with Crippen molar-refractivity contribution in [3.05, 3.63) is 41.0 Å². The third-order valence-corrected chi connectivity index (χ3v) is 4.48. The van der Waals surface area contributed by atoms with Crippen LogP contribution < -0.4 is 0 Å². The van der Waals surface area contributed by atoms with Crippen molar-refractivity contribution in [2.24, 2.45) is 0 Å². The lowest BCUT2D eigenvalue weighted by Crippen LogP contribution is -2.10. The van der Waals surface area contributed by atoms with E-state index in [0.29, 0.717) is 23.9 Å². The minimum absolute atomic E-state index is 0.323. The average molecular weight is 300 g/mol. The van der Waals surface area contributed by atoms with Gasteiger partial charge in [0.15, 0.2) is 0 Å². The summed E-state index contributed by atoms with van der Waals surface area (Å²) in [5.74, 6) is 0. The maximum atomic E-state index is 11.1. The monoisotopic (exact) mass is 300 g/mol. The largest absolute Gasteiger partial charge is 0.373 e. The fourth-order valence-corrected chi connectivity index (χ4v) is 2.95. The van der Waals surface area contributed by atoms with Crippen LogP contribution in [0.15, 0.2) is 18.7 Å². The first kappa shape index (κ1) is 14.1. The number of allylic oxidation sites excluding steroid dienone is 1. The minimum Gasteiger partial charge on any atom is -0.373 e. The molecule has 3 fully saturated rings. The Morgan fingerprint density at radius 1 is 1.00 bits per heavy atom. The predicted molar refractivity (Wildman–Crippen MR) is 81.9 cm³/mol. The van der Waals surface area contributed by atoms with Gasteiger partial charge in [0.2, 0.25) is 0 Å². The van der Waals surface area contributed by atoms with E-state index in [2.05, 4.69) is 18.7 Å². The molecule has 3 atom stereocenters. The summed E-state index contributed by atoms with van der Waals surface area (Å²) in [7, 11) is 0. The number of ether oxygens (including phenoxy) is 3. The number of hydrogen-bond acceptors (Lipinski definition) is 4. The van der Waals surface area contributed by atoms with Crippen LogP contribution in [0.1, 0.15) is 22.3 Å². The first-order chi connectivity index (χ1) is 10.7. The molecule has 0 N–H and O–H groups in total. The van der Waals surface area contributed by atoms with Crippen molar-refractivity contribution in [2.45, 2.75) is 37.6 Å². The molecule has 0 spiro atoms. The van der Waals surface area contributed by atoms with Crippen molar-refractivity contribution in [2.75, 3.05) is 19.8 Å². The van der Waals surface area contributed by atoms with Gasteiger partial charge < -0.3 is 14.2 Å². The van der Waals surface area contributed by atoms with Gasteiger partial charge in [0.25, 0.3) is 0 Å². The summed E-state index contributed by atoms with van der Waals surface area (Å²) in [4.78, 5) is 11.1. The van der Waals surface area contributed by atoms with E-state index < -0.39 is 0 Å². The Hall–Kier alpha value is -1.49. The van der Waals surface area contributed by atoms with E-state index in [4.69, 9.17) is 14.2 Å². The highest BCUT2D eigenvalue weighted by atomic mass is 16.6. The van der Waals surface area contributed by atoms with Gasteiger partial charge in [-0.15, -0.1) is 0 Å². The molecule has 3 heterocycles. The number of aldehydes is 1. The van der Waals surface area contributed by atoms with Gasteiger partial charge >= 0.3 is 0 Å². The van der Waals surface area contributed by atoms with Crippen molar-refractivity contribution < 1.29 is 19.0 Å². The van der Waals surface area contributed by atoms with Crippen LogP contribution in [0.25, 0.3) is 5.57 Å². The van der Waals surface area contributed by atoms with Crippen LogP contribution in [0, 0.1) is 0 Å². The molecule has 4 heteroatoms. The van der Waals surface area contributed by atoms with Gasteiger partial charge in [-0.2, -0.15) is 0 Å². The highest BCUT2D eigenvalue weighted by Crippen LogP contribution is 2.31. The Kier molecular flexibility index (Phi) is 3.60. The smallest absolute Gasteiger partial charge is 0.150 e. The lowest BCUT2D eigenvalue weighted by Gasteiger charge is -2.16. The van der Waals surface area contributed by atoms with E-state index in [1.165, 1.54) is 16.7 Å². The van der Waals surface area contributed by atoms with Gasteiger partial charge in [0.1, 0.15) is 6.29 Å². The zero-order chi connectivity index (χ0) is 15.1. The second-order valence-electron chi connectivity index (χ2n) is 6.39. The summed E-state index contributed by atoms with van der Waals surface area (Å²) in [5.41, 5.74) is 5.35. The normalized spacial score (nSPS) is 28.3. The van der Waals surface area contributed by atoms with E-state index in [1.807, 2.05) is 0 Å². The maximum absolute atomic E-state index is 11.1. The topological polar surface area (TPSA) is 54.7 Å². The SMILES string of the molecule is C=C(C=O)c1cc(CC2CO2)c(CC2CO2)c(CC2CO2)c1. The number of rotatable bonds is 8. The van der Waals surface area contributed by atoms with Crippen LogP contribution in [-0.4, -0.2) is 44.4 Å². The highest BCUT2D eigenvalue weighted by molar-refractivity contribution is 6.05. The Labute approximate surface area is 130 Å². The molecule has 0 bridgehead atoms.